The highest BCUT2D eigenvalue weighted by atomic mass is 16.5. The van der Waals surface area contributed by atoms with Gasteiger partial charge in [-0.25, -0.2) is 4.68 Å². The molecule has 0 saturated carbocycles. The fourth-order valence-corrected chi connectivity index (χ4v) is 3.56. The van der Waals surface area contributed by atoms with E-state index in [1.165, 1.54) is 0 Å². The van der Waals surface area contributed by atoms with Crippen molar-refractivity contribution in [2.45, 2.75) is 45.3 Å². The Morgan fingerprint density at radius 2 is 1.92 bits per heavy atom. The first-order chi connectivity index (χ1) is 12.4. The zero-order chi connectivity index (χ0) is 18.7. The van der Waals surface area contributed by atoms with Crippen molar-refractivity contribution < 1.29 is 9.53 Å². The lowest BCUT2D eigenvalue weighted by Crippen LogP contribution is -2.54. The number of nitrogens with one attached hydrogen (secondary N) is 2. The van der Waals surface area contributed by atoms with Gasteiger partial charge in [-0.1, -0.05) is 12.1 Å². The molecule has 1 aromatic heterocycles. The molecular formula is C20H28N4O2. The van der Waals surface area contributed by atoms with Gasteiger partial charge in [-0.05, 0) is 70.5 Å². The molecule has 140 valence electrons. The molecule has 2 heterocycles. The van der Waals surface area contributed by atoms with Gasteiger partial charge < -0.3 is 15.4 Å². The van der Waals surface area contributed by atoms with Gasteiger partial charge in [0.15, 0.2) is 0 Å². The van der Waals surface area contributed by atoms with Crippen molar-refractivity contribution in [2.24, 2.45) is 0 Å². The number of carbonyl (C=O) groups is 1. The average molecular weight is 356 g/mol. The predicted octanol–water partition coefficient (Wildman–Crippen LogP) is 2.43. The molecule has 1 amide bonds. The Balaban J connectivity index is 1.71. The van der Waals surface area contributed by atoms with E-state index in [1.807, 2.05) is 49.7 Å². The standard InChI is InChI=1S/C20H28N4O2/c1-14-13-15(2)24(23-14)18-7-5-17(6-8-18)16(3)22-19(25)20(26-4)9-11-21-12-10-20/h5-8,13,16,21H,9-12H2,1-4H3,(H,22,25). The van der Waals surface area contributed by atoms with Crippen LogP contribution in [0.4, 0.5) is 0 Å². The number of amides is 1. The largest absolute Gasteiger partial charge is 0.368 e. The third kappa shape index (κ3) is 3.66. The third-order valence-electron chi connectivity index (χ3n) is 5.21. The highest BCUT2D eigenvalue weighted by molar-refractivity contribution is 5.85. The molecule has 0 spiro atoms. The second-order valence-electron chi connectivity index (χ2n) is 7.07. The monoisotopic (exact) mass is 356 g/mol. The molecule has 1 aliphatic heterocycles. The summed E-state index contributed by atoms with van der Waals surface area (Å²) in [6, 6.07) is 10.1. The number of benzene rings is 1. The number of carbonyl (C=O) groups excluding carboxylic acids is 1. The fraction of sp³-hybridized carbons (Fsp3) is 0.500. The van der Waals surface area contributed by atoms with E-state index in [1.54, 1.807) is 7.11 Å². The summed E-state index contributed by atoms with van der Waals surface area (Å²) in [5.41, 5.74) is 3.46. The maximum Gasteiger partial charge on any atom is 0.252 e. The number of rotatable bonds is 5. The highest BCUT2D eigenvalue weighted by Gasteiger charge is 2.40. The van der Waals surface area contributed by atoms with Crippen LogP contribution in [0.15, 0.2) is 30.3 Å². The van der Waals surface area contributed by atoms with Crippen LogP contribution in [0.25, 0.3) is 5.69 Å². The summed E-state index contributed by atoms with van der Waals surface area (Å²) in [6.07, 6.45) is 1.39. The quantitative estimate of drug-likeness (QED) is 0.863. The Bertz CT molecular complexity index is 761. The van der Waals surface area contributed by atoms with E-state index in [-0.39, 0.29) is 11.9 Å². The second kappa shape index (κ2) is 7.60. The minimum atomic E-state index is -0.719. The predicted molar refractivity (Wildman–Crippen MR) is 101 cm³/mol. The van der Waals surface area contributed by atoms with Crippen LogP contribution >= 0.6 is 0 Å². The van der Waals surface area contributed by atoms with E-state index in [0.29, 0.717) is 12.8 Å². The fourth-order valence-electron chi connectivity index (χ4n) is 3.56. The van der Waals surface area contributed by atoms with Crippen LogP contribution in [0.2, 0.25) is 0 Å². The van der Waals surface area contributed by atoms with E-state index in [0.717, 1.165) is 35.7 Å². The number of methoxy groups -OCH3 is 1. The molecule has 0 bridgehead atoms. The van der Waals surface area contributed by atoms with Crippen molar-refractivity contribution in [2.75, 3.05) is 20.2 Å². The number of nitrogens with zero attached hydrogens (tertiary/aromatic N) is 2. The van der Waals surface area contributed by atoms with E-state index in [9.17, 15) is 4.79 Å². The number of hydrogen-bond acceptors (Lipinski definition) is 4. The Morgan fingerprint density at radius 1 is 1.27 bits per heavy atom. The summed E-state index contributed by atoms with van der Waals surface area (Å²) in [6.45, 7) is 7.63. The molecule has 1 fully saturated rings. The number of piperidine rings is 1. The van der Waals surface area contributed by atoms with Crippen LogP contribution in [-0.4, -0.2) is 41.5 Å². The number of hydrogen-bond donors (Lipinski definition) is 2. The van der Waals surface area contributed by atoms with Gasteiger partial charge in [0.2, 0.25) is 0 Å². The van der Waals surface area contributed by atoms with Crippen LogP contribution in [0.1, 0.15) is 42.8 Å². The SMILES string of the molecule is COC1(C(=O)NC(C)c2ccc(-n3nc(C)cc3C)cc2)CCNCC1. The van der Waals surface area contributed by atoms with Gasteiger partial charge >= 0.3 is 0 Å². The third-order valence-corrected chi connectivity index (χ3v) is 5.21. The van der Waals surface area contributed by atoms with E-state index >= 15 is 0 Å². The van der Waals surface area contributed by atoms with Crippen molar-refractivity contribution >= 4 is 5.91 Å². The molecule has 6 heteroatoms. The minimum Gasteiger partial charge on any atom is -0.368 e. The molecule has 0 aliphatic carbocycles. The summed E-state index contributed by atoms with van der Waals surface area (Å²) in [5.74, 6) is -0.0309. The van der Waals surface area contributed by atoms with E-state index < -0.39 is 5.60 Å². The van der Waals surface area contributed by atoms with Gasteiger partial charge in [0.25, 0.3) is 5.91 Å². The van der Waals surface area contributed by atoms with Crippen LogP contribution in [0.5, 0.6) is 0 Å². The molecular weight excluding hydrogens is 328 g/mol. The molecule has 3 rings (SSSR count). The maximum atomic E-state index is 12.8. The smallest absolute Gasteiger partial charge is 0.252 e. The minimum absolute atomic E-state index is 0.0309. The topological polar surface area (TPSA) is 68.2 Å². The molecule has 1 aliphatic rings. The number of ether oxygens (including phenoxy) is 1. The summed E-state index contributed by atoms with van der Waals surface area (Å²) in [7, 11) is 1.62. The van der Waals surface area contributed by atoms with Crippen LogP contribution in [0.3, 0.4) is 0 Å². The lowest BCUT2D eigenvalue weighted by molar-refractivity contribution is -0.147. The van der Waals surface area contributed by atoms with Gasteiger partial charge in [-0.15, -0.1) is 0 Å². The molecule has 2 aromatic rings. The summed E-state index contributed by atoms with van der Waals surface area (Å²) < 4.78 is 7.53. The first-order valence-corrected chi connectivity index (χ1v) is 9.15. The normalized spacial score (nSPS) is 17.7. The Kier molecular flexibility index (Phi) is 5.44. The molecule has 1 saturated heterocycles. The van der Waals surface area contributed by atoms with Crippen molar-refractivity contribution in [3.05, 3.63) is 47.3 Å². The van der Waals surface area contributed by atoms with E-state index in [4.69, 9.17) is 4.74 Å². The van der Waals surface area contributed by atoms with Crippen molar-refractivity contribution in [3.8, 4) is 5.69 Å². The molecule has 2 N–H and O–H groups in total. The van der Waals surface area contributed by atoms with Gasteiger partial charge in [0, 0.05) is 12.8 Å². The summed E-state index contributed by atoms with van der Waals surface area (Å²) >= 11 is 0. The molecule has 6 nitrogen and oxygen atoms in total. The summed E-state index contributed by atoms with van der Waals surface area (Å²) in [5, 5.41) is 10.9. The van der Waals surface area contributed by atoms with Crippen molar-refractivity contribution in [3.63, 3.8) is 0 Å². The van der Waals surface area contributed by atoms with Crippen molar-refractivity contribution in [1.29, 1.82) is 0 Å². The number of aromatic nitrogens is 2. The second-order valence-corrected chi connectivity index (χ2v) is 7.07. The average Bonchev–Trinajstić information content (AvgIpc) is 3.00. The van der Waals surface area contributed by atoms with Gasteiger partial charge in [0.05, 0.1) is 17.4 Å². The Morgan fingerprint density at radius 3 is 2.46 bits per heavy atom. The molecule has 26 heavy (non-hydrogen) atoms. The lowest BCUT2D eigenvalue weighted by Gasteiger charge is -2.35. The molecule has 1 unspecified atom stereocenters. The zero-order valence-corrected chi connectivity index (χ0v) is 16.0. The van der Waals surface area contributed by atoms with Crippen LogP contribution in [0, 0.1) is 13.8 Å². The van der Waals surface area contributed by atoms with E-state index in [2.05, 4.69) is 21.8 Å². The molecule has 1 atom stereocenters. The highest BCUT2D eigenvalue weighted by Crippen LogP contribution is 2.25. The van der Waals surface area contributed by atoms with Gasteiger partial charge in [-0.2, -0.15) is 5.10 Å². The zero-order valence-electron chi connectivity index (χ0n) is 16.0. The summed E-state index contributed by atoms with van der Waals surface area (Å²) in [4.78, 5) is 12.8. The maximum absolute atomic E-state index is 12.8. The van der Waals surface area contributed by atoms with Crippen LogP contribution in [-0.2, 0) is 9.53 Å². The van der Waals surface area contributed by atoms with Gasteiger partial charge in [-0.3, -0.25) is 4.79 Å². The van der Waals surface area contributed by atoms with Crippen LogP contribution < -0.4 is 10.6 Å². The number of aryl methyl sites for hydroxylation is 2. The first kappa shape index (κ1) is 18.6. The Hall–Kier alpha value is -2.18. The Labute approximate surface area is 154 Å². The lowest BCUT2D eigenvalue weighted by atomic mass is 9.90. The van der Waals surface area contributed by atoms with Crippen molar-refractivity contribution in [1.82, 2.24) is 20.4 Å². The molecule has 1 aromatic carbocycles. The van der Waals surface area contributed by atoms with Gasteiger partial charge in [0.1, 0.15) is 5.60 Å². The molecule has 0 radical (unpaired) electrons. The first-order valence-electron chi connectivity index (χ1n) is 9.15.